The van der Waals surface area contributed by atoms with Crippen molar-refractivity contribution in [3.8, 4) is 11.3 Å². The third-order valence-corrected chi connectivity index (χ3v) is 3.48. The van der Waals surface area contributed by atoms with Crippen LogP contribution in [0.4, 0.5) is 0 Å². The van der Waals surface area contributed by atoms with Gasteiger partial charge in [0.05, 0.1) is 5.69 Å². The smallest absolute Gasteiger partial charge is 0.0704 e. The van der Waals surface area contributed by atoms with E-state index in [-0.39, 0.29) is 0 Å². The van der Waals surface area contributed by atoms with Crippen molar-refractivity contribution in [2.24, 2.45) is 0 Å². The van der Waals surface area contributed by atoms with Crippen molar-refractivity contribution in [2.75, 3.05) is 0 Å². The first-order valence-electron chi connectivity index (χ1n) is 6.97. The van der Waals surface area contributed by atoms with Gasteiger partial charge in [-0.05, 0) is 36.1 Å². The number of benzene rings is 2. The summed E-state index contributed by atoms with van der Waals surface area (Å²) in [5.74, 6) is 0. The van der Waals surface area contributed by atoms with Crippen LogP contribution in [0, 0.1) is 0 Å². The second kappa shape index (κ2) is 6.16. The predicted octanol–water partition coefficient (Wildman–Crippen LogP) is 4.53. The maximum Gasteiger partial charge on any atom is 0.0704 e. The van der Waals surface area contributed by atoms with Crippen LogP contribution < -0.4 is 0 Å². The first kappa shape index (κ1) is 12.6. The van der Waals surface area contributed by atoms with Gasteiger partial charge in [-0.3, -0.25) is 4.98 Å². The summed E-state index contributed by atoms with van der Waals surface area (Å²) in [5.41, 5.74) is 5.03. The van der Waals surface area contributed by atoms with Crippen molar-refractivity contribution in [1.82, 2.24) is 4.98 Å². The van der Waals surface area contributed by atoms with Crippen LogP contribution >= 0.6 is 0 Å². The summed E-state index contributed by atoms with van der Waals surface area (Å²) in [4.78, 5) is 4.46. The number of nitrogens with zero attached hydrogens (tertiary/aromatic N) is 1. The van der Waals surface area contributed by atoms with E-state index in [1.54, 1.807) is 0 Å². The van der Waals surface area contributed by atoms with Gasteiger partial charge < -0.3 is 0 Å². The average Bonchev–Trinajstić information content (AvgIpc) is 2.55. The highest BCUT2D eigenvalue weighted by Crippen LogP contribution is 2.22. The van der Waals surface area contributed by atoms with Gasteiger partial charge in [-0.15, -0.1) is 0 Å². The molecular formula is C19H17N. The van der Waals surface area contributed by atoms with Crippen LogP contribution in [0.15, 0.2) is 79.0 Å². The van der Waals surface area contributed by atoms with Gasteiger partial charge in [0, 0.05) is 11.8 Å². The molecule has 1 heterocycles. The molecule has 3 rings (SSSR count). The summed E-state index contributed by atoms with van der Waals surface area (Å²) in [7, 11) is 0. The highest BCUT2D eigenvalue weighted by atomic mass is 14.7. The summed E-state index contributed by atoms with van der Waals surface area (Å²) in [5, 5.41) is 0. The molecule has 0 N–H and O–H groups in total. The minimum absolute atomic E-state index is 1.04. The second-order valence-electron chi connectivity index (χ2n) is 4.86. The standard InChI is InChI=1S/C19H17N/c1-2-8-16(9-3-1)13-14-17-10-4-5-11-18(17)19-12-6-7-15-20-19/h1-12,15H,13-14H2. The largest absolute Gasteiger partial charge is 0.256 e. The molecule has 0 amide bonds. The van der Waals surface area contributed by atoms with Gasteiger partial charge in [0.25, 0.3) is 0 Å². The molecule has 0 spiro atoms. The van der Waals surface area contributed by atoms with Gasteiger partial charge in [-0.2, -0.15) is 0 Å². The quantitative estimate of drug-likeness (QED) is 0.670. The topological polar surface area (TPSA) is 12.9 Å². The Morgan fingerprint density at radius 3 is 2.20 bits per heavy atom. The zero-order valence-electron chi connectivity index (χ0n) is 11.4. The zero-order valence-corrected chi connectivity index (χ0v) is 11.4. The van der Waals surface area contributed by atoms with Crippen LogP contribution in [0.25, 0.3) is 11.3 Å². The number of hydrogen-bond acceptors (Lipinski definition) is 1. The summed E-state index contributed by atoms with van der Waals surface area (Å²) in [6.45, 7) is 0. The molecule has 98 valence electrons. The van der Waals surface area contributed by atoms with Crippen LogP contribution in [-0.4, -0.2) is 4.98 Å². The van der Waals surface area contributed by atoms with Crippen LogP contribution in [0.5, 0.6) is 0 Å². The summed E-state index contributed by atoms with van der Waals surface area (Å²) in [6, 6.07) is 25.2. The van der Waals surface area contributed by atoms with Gasteiger partial charge in [-0.25, -0.2) is 0 Å². The van der Waals surface area contributed by atoms with E-state index in [1.165, 1.54) is 16.7 Å². The SMILES string of the molecule is c1ccc(CCc2ccccc2-c2ccccn2)cc1. The van der Waals surface area contributed by atoms with Gasteiger partial charge in [-0.1, -0.05) is 60.7 Å². The Morgan fingerprint density at radius 1 is 0.650 bits per heavy atom. The molecule has 0 unspecified atom stereocenters. The van der Waals surface area contributed by atoms with Crippen LogP contribution in [0.1, 0.15) is 11.1 Å². The molecule has 0 aliphatic carbocycles. The number of pyridine rings is 1. The van der Waals surface area contributed by atoms with E-state index in [4.69, 9.17) is 0 Å². The highest BCUT2D eigenvalue weighted by Gasteiger charge is 2.05. The molecule has 1 nitrogen and oxygen atoms in total. The molecule has 0 bridgehead atoms. The van der Waals surface area contributed by atoms with Crippen molar-refractivity contribution in [2.45, 2.75) is 12.8 Å². The Labute approximate surface area is 119 Å². The van der Waals surface area contributed by atoms with E-state index in [0.717, 1.165) is 18.5 Å². The van der Waals surface area contributed by atoms with Gasteiger partial charge in [0.2, 0.25) is 0 Å². The van der Waals surface area contributed by atoms with E-state index in [0.29, 0.717) is 0 Å². The van der Waals surface area contributed by atoms with Gasteiger partial charge >= 0.3 is 0 Å². The number of hydrogen-bond donors (Lipinski definition) is 0. The Morgan fingerprint density at radius 2 is 1.40 bits per heavy atom. The third kappa shape index (κ3) is 2.94. The molecule has 20 heavy (non-hydrogen) atoms. The van der Waals surface area contributed by atoms with Crippen molar-refractivity contribution in [3.05, 3.63) is 90.1 Å². The number of rotatable bonds is 4. The Bertz CT molecular complexity index is 660. The van der Waals surface area contributed by atoms with Crippen LogP contribution in [-0.2, 0) is 12.8 Å². The molecule has 0 saturated carbocycles. The maximum atomic E-state index is 4.46. The van der Waals surface area contributed by atoms with Gasteiger partial charge in [0.15, 0.2) is 0 Å². The van der Waals surface area contributed by atoms with E-state index >= 15 is 0 Å². The van der Waals surface area contributed by atoms with E-state index in [9.17, 15) is 0 Å². The lowest BCUT2D eigenvalue weighted by atomic mass is 9.98. The molecule has 1 aromatic heterocycles. The van der Waals surface area contributed by atoms with E-state index in [2.05, 4.69) is 65.6 Å². The molecule has 3 aromatic rings. The fourth-order valence-electron chi connectivity index (χ4n) is 2.43. The molecular weight excluding hydrogens is 242 g/mol. The molecule has 0 aliphatic heterocycles. The van der Waals surface area contributed by atoms with Crippen molar-refractivity contribution in [1.29, 1.82) is 0 Å². The lowest BCUT2D eigenvalue weighted by molar-refractivity contribution is 0.961. The lowest BCUT2D eigenvalue weighted by Crippen LogP contribution is -1.95. The second-order valence-corrected chi connectivity index (χ2v) is 4.86. The number of aryl methyl sites for hydroxylation is 2. The minimum atomic E-state index is 1.04. The van der Waals surface area contributed by atoms with Crippen molar-refractivity contribution >= 4 is 0 Å². The molecule has 0 aliphatic rings. The van der Waals surface area contributed by atoms with E-state index < -0.39 is 0 Å². The average molecular weight is 259 g/mol. The normalized spacial score (nSPS) is 10.4. The third-order valence-electron chi connectivity index (χ3n) is 3.48. The van der Waals surface area contributed by atoms with Crippen LogP contribution in [0.3, 0.4) is 0 Å². The molecule has 0 radical (unpaired) electrons. The molecule has 2 aromatic carbocycles. The summed E-state index contributed by atoms with van der Waals surface area (Å²) >= 11 is 0. The van der Waals surface area contributed by atoms with Gasteiger partial charge in [0.1, 0.15) is 0 Å². The number of aromatic nitrogens is 1. The predicted molar refractivity (Wildman–Crippen MR) is 83.5 cm³/mol. The molecule has 0 fully saturated rings. The monoisotopic (exact) mass is 259 g/mol. The highest BCUT2D eigenvalue weighted by molar-refractivity contribution is 5.63. The molecule has 0 atom stereocenters. The minimum Gasteiger partial charge on any atom is -0.256 e. The Hall–Kier alpha value is -2.41. The zero-order chi connectivity index (χ0) is 13.6. The first-order valence-corrected chi connectivity index (χ1v) is 6.97. The fourth-order valence-corrected chi connectivity index (χ4v) is 2.43. The lowest BCUT2D eigenvalue weighted by Gasteiger charge is -2.09. The first-order chi connectivity index (χ1) is 9.93. The molecule has 0 saturated heterocycles. The summed E-state index contributed by atoms with van der Waals surface area (Å²) < 4.78 is 0. The van der Waals surface area contributed by atoms with Crippen molar-refractivity contribution in [3.63, 3.8) is 0 Å². The fraction of sp³-hybridized carbons (Fsp3) is 0.105. The maximum absolute atomic E-state index is 4.46. The Balaban J connectivity index is 1.84. The van der Waals surface area contributed by atoms with Crippen LogP contribution in [0.2, 0.25) is 0 Å². The summed E-state index contributed by atoms with van der Waals surface area (Å²) in [6.07, 6.45) is 3.95. The van der Waals surface area contributed by atoms with Crippen molar-refractivity contribution < 1.29 is 0 Å². The van der Waals surface area contributed by atoms with E-state index in [1.807, 2.05) is 18.3 Å². The Kier molecular flexibility index (Phi) is 3.88. The molecule has 1 heteroatoms.